The molecular weight excluding hydrogens is 296 g/mol. The van der Waals surface area contributed by atoms with Gasteiger partial charge in [0.25, 0.3) is 0 Å². The number of carbonyl (C=O) groups excluding carboxylic acids is 1. The summed E-state index contributed by atoms with van der Waals surface area (Å²) in [5.41, 5.74) is 2.07. The van der Waals surface area contributed by atoms with Gasteiger partial charge in [-0.1, -0.05) is 30.3 Å². The van der Waals surface area contributed by atoms with Gasteiger partial charge in [0.15, 0.2) is 14.0 Å². The van der Waals surface area contributed by atoms with E-state index in [1.54, 1.807) is 13.0 Å². The van der Waals surface area contributed by atoms with Crippen LogP contribution in [0.25, 0.3) is 0 Å². The maximum absolute atomic E-state index is 11.8. The van der Waals surface area contributed by atoms with E-state index in [2.05, 4.69) is 29.8 Å². The molecule has 0 saturated heterocycles. The molecule has 0 bridgehead atoms. The van der Waals surface area contributed by atoms with Crippen molar-refractivity contribution >= 4 is 14.3 Å². The maximum Gasteiger partial charge on any atom is 0.358 e. The third-order valence-corrected chi connectivity index (χ3v) is 3.88. The van der Waals surface area contributed by atoms with Crippen LogP contribution in [0.1, 0.15) is 34.8 Å². The minimum Gasteiger partial charge on any atom is -0.461 e. The normalized spacial score (nSPS) is 12.9. The zero-order valence-electron chi connectivity index (χ0n) is 13.4. The van der Waals surface area contributed by atoms with Crippen molar-refractivity contribution in [2.75, 3.05) is 6.61 Å². The second-order valence-corrected chi connectivity index (χ2v) is 10.4. The summed E-state index contributed by atoms with van der Waals surface area (Å²) in [6, 6.07) is 11.6. The first-order chi connectivity index (χ1) is 10.4. The Hall–Kier alpha value is -1.92. The first-order valence-corrected chi connectivity index (χ1v) is 10.8. The van der Waals surface area contributed by atoms with E-state index in [1.807, 2.05) is 30.3 Å². The Kier molecular flexibility index (Phi) is 5.15. The second-order valence-electron chi connectivity index (χ2n) is 5.95. The lowest BCUT2D eigenvalue weighted by molar-refractivity contribution is 0.0519. The molecule has 1 unspecified atom stereocenters. The first kappa shape index (κ1) is 16.4. The molecular formula is C16H22N2O3Si. The fourth-order valence-corrected chi connectivity index (χ4v) is 3.04. The van der Waals surface area contributed by atoms with Crippen molar-refractivity contribution in [1.29, 1.82) is 0 Å². The second kappa shape index (κ2) is 6.89. The molecule has 1 aromatic carbocycles. The molecule has 0 radical (unpaired) electrons. The topological polar surface area (TPSA) is 64.2 Å². The van der Waals surface area contributed by atoms with Crippen molar-refractivity contribution in [1.82, 2.24) is 10.2 Å². The Labute approximate surface area is 131 Å². The average Bonchev–Trinajstić information content (AvgIpc) is 2.95. The highest BCUT2D eigenvalue weighted by molar-refractivity contribution is 6.69. The number of carbonyl (C=O) groups is 1. The fourth-order valence-electron chi connectivity index (χ4n) is 2.07. The number of aromatic nitrogens is 2. The minimum absolute atomic E-state index is 0.261. The number of nitrogens with one attached hydrogen (secondary N) is 1. The molecule has 0 fully saturated rings. The van der Waals surface area contributed by atoms with Gasteiger partial charge in [-0.2, -0.15) is 5.10 Å². The number of benzene rings is 1. The molecule has 0 aliphatic carbocycles. The molecule has 5 nitrogen and oxygen atoms in total. The summed E-state index contributed by atoms with van der Waals surface area (Å²) in [5.74, 6) is -0.426. The van der Waals surface area contributed by atoms with Gasteiger partial charge in [0.1, 0.15) is 6.10 Å². The van der Waals surface area contributed by atoms with Crippen molar-refractivity contribution in [3.63, 3.8) is 0 Å². The summed E-state index contributed by atoms with van der Waals surface area (Å²) in [6.07, 6.45) is -0.261. The number of rotatable bonds is 6. The van der Waals surface area contributed by atoms with Crippen LogP contribution in [0.2, 0.25) is 19.6 Å². The highest BCUT2D eigenvalue weighted by atomic mass is 28.4. The molecule has 1 heterocycles. The van der Waals surface area contributed by atoms with Crippen LogP contribution in [-0.4, -0.2) is 31.1 Å². The van der Waals surface area contributed by atoms with E-state index in [9.17, 15) is 4.79 Å². The standard InChI is InChI=1S/C16H22N2O3Si/c1-5-20-16(19)14-11-13(17-18-14)15(21-22(2,3)4)12-9-7-6-8-10-12/h6-11,15H,5H2,1-4H3,(H,17,18). The lowest BCUT2D eigenvalue weighted by atomic mass is 10.1. The van der Waals surface area contributed by atoms with E-state index in [0.717, 1.165) is 11.3 Å². The quantitative estimate of drug-likeness (QED) is 0.654. The Morgan fingerprint density at radius 2 is 1.95 bits per heavy atom. The van der Waals surface area contributed by atoms with Gasteiger partial charge in [-0.3, -0.25) is 5.10 Å². The predicted molar refractivity (Wildman–Crippen MR) is 87.3 cm³/mol. The van der Waals surface area contributed by atoms with E-state index >= 15 is 0 Å². The highest BCUT2D eigenvalue weighted by Crippen LogP contribution is 2.28. The number of ether oxygens (including phenoxy) is 1. The summed E-state index contributed by atoms with van der Waals surface area (Å²) in [6.45, 7) is 8.49. The zero-order chi connectivity index (χ0) is 16.2. The van der Waals surface area contributed by atoms with Gasteiger partial charge in [0.05, 0.1) is 12.3 Å². The summed E-state index contributed by atoms with van der Waals surface area (Å²) in [7, 11) is -1.78. The van der Waals surface area contributed by atoms with E-state index in [0.29, 0.717) is 6.61 Å². The molecule has 1 N–H and O–H groups in total. The molecule has 0 spiro atoms. The summed E-state index contributed by atoms with van der Waals surface area (Å²) in [4.78, 5) is 11.8. The Morgan fingerprint density at radius 3 is 2.55 bits per heavy atom. The van der Waals surface area contributed by atoms with Crippen LogP contribution in [0, 0.1) is 0 Å². The molecule has 0 aliphatic heterocycles. The molecule has 118 valence electrons. The Morgan fingerprint density at radius 1 is 1.27 bits per heavy atom. The van der Waals surface area contributed by atoms with E-state index in [4.69, 9.17) is 9.16 Å². The molecule has 0 aliphatic rings. The van der Waals surface area contributed by atoms with Gasteiger partial charge in [0.2, 0.25) is 0 Å². The van der Waals surface area contributed by atoms with Crippen LogP contribution in [0.15, 0.2) is 36.4 Å². The number of esters is 1. The van der Waals surface area contributed by atoms with Crippen LogP contribution >= 0.6 is 0 Å². The highest BCUT2D eigenvalue weighted by Gasteiger charge is 2.26. The maximum atomic E-state index is 11.8. The molecule has 2 rings (SSSR count). The summed E-state index contributed by atoms with van der Waals surface area (Å²) in [5, 5.41) is 6.96. The Balaban J connectivity index is 2.32. The molecule has 0 amide bonds. The van der Waals surface area contributed by atoms with E-state index in [1.165, 1.54) is 0 Å². The van der Waals surface area contributed by atoms with Crippen molar-refractivity contribution in [2.45, 2.75) is 32.7 Å². The van der Waals surface area contributed by atoms with Crippen LogP contribution in [0.3, 0.4) is 0 Å². The third-order valence-electron chi connectivity index (χ3n) is 2.94. The molecule has 6 heteroatoms. The largest absolute Gasteiger partial charge is 0.461 e. The lowest BCUT2D eigenvalue weighted by Crippen LogP contribution is -2.28. The molecule has 22 heavy (non-hydrogen) atoms. The minimum atomic E-state index is -1.78. The number of hydrogen-bond acceptors (Lipinski definition) is 4. The third kappa shape index (κ3) is 4.28. The SMILES string of the molecule is CCOC(=O)c1cc(C(O[Si](C)(C)C)c2ccccc2)[nH]n1. The van der Waals surface area contributed by atoms with Gasteiger partial charge >= 0.3 is 5.97 Å². The molecule has 1 aromatic heterocycles. The summed E-state index contributed by atoms with van der Waals surface area (Å²) >= 11 is 0. The van der Waals surface area contributed by atoms with Crippen LogP contribution < -0.4 is 0 Å². The molecule has 1 atom stereocenters. The van der Waals surface area contributed by atoms with Crippen molar-refractivity contribution in [3.8, 4) is 0 Å². The smallest absolute Gasteiger partial charge is 0.358 e. The van der Waals surface area contributed by atoms with Crippen LogP contribution in [-0.2, 0) is 9.16 Å². The summed E-state index contributed by atoms with van der Waals surface area (Å²) < 4.78 is 11.3. The predicted octanol–water partition coefficient (Wildman–Crippen LogP) is 3.53. The number of H-pyrrole nitrogens is 1. The van der Waals surface area contributed by atoms with Gasteiger partial charge < -0.3 is 9.16 Å². The lowest BCUT2D eigenvalue weighted by Gasteiger charge is -2.25. The van der Waals surface area contributed by atoms with E-state index < -0.39 is 14.3 Å². The van der Waals surface area contributed by atoms with Crippen LogP contribution in [0.4, 0.5) is 0 Å². The van der Waals surface area contributed by atoms with Crippen molar-refractivity contribution < 1.29 is 14.0 Å². The number of aromatic amines is 1. The first-order valence-electron chi connectivity index (χ1n) is 7.36. The monoisotopic (exact) mass is 318 g/mol. The van der Waals surface area contributed by atoms with Crippen LogP contribution in [0.5, 0.6) is 0 Å². The van der Waals surface area contributed by atoms with Gasteiger partial charge in [-0.15, -0.1) is 0 Å². The Bertz CT molecular complexity index is 620. The van der Waals surface area contributed by atoms with Gasteiger partial charge in [-0.25, -0.2) is 4.79 Å². The van der Waals surface area contributed by atoms with Crippen molar-refractivity contribution in [2.24, 2.45) is 0 Å². The number of hydrogen-bond donors (Lipinski definition) is 1. The average molecular weight is 318 g/mol. The number of nitrogens with zero attached hydrogens (tertiary/aromatic N) is 1. The van der Waals surface area contributed by atoms with Gasteiger partial charge in [0, 0.05) is 0 Å². The van der Waals surface area contributed by atoms with Crippen molar-refractivity contribution in [3.05, 3.63) is 53.3 Å². The van der Waals surface area contributed by atoms with Gasteiger partial charge in [-0.05, 0) is 38.2 Å². The van der Waals surface area contributed by atoms with E-state index in [-0.39, 0.29) is 11.8 Å². The fraction of sp³-hybridized carbons (Fsp3) is 0.375. The zero-order valence-corrected chi connectivity index (χ0v) is 14.4. The molecule has 0 saturated carbocycles. The molecule has 2 aromatic rings.